The third-order valence-electron chi connectivity index (χ3n) is 9.69. The monoisotopic (exact) mass is 655 g/mol. The number of nitrogens with zero attached hydrogens (tertiary/aromatic N) is 5. The van der Waals surface area contributed by atoms with Crippen LogP contribution in [0.3, 0.4) is 0 Å². The summed E-state index contributed by atoms with van der Waals surface area (Å²) in [4.78, 5) is 15.5. The Morgan fingerprint density at radius 1 is 0.412 bits per heavy atom. The van der Waals surface area contributed by atoms with E-state index in [4.69, 9.17) is 28.9 Å². The van der Waals surface area contributed by atoms with Gasteiger partial charge in [-0.1, -0.05) is 103 Å². The van der Waals surface area contributed by atoms with E-state index in [-0.39, 0.29) is 0 Å². The van der Waals surface area contributed by atoms with Gasteiger partial charge in [0.05, 0.1) is 22.3 Å². The van der Waals surface area contributed by atoms with Crippen LogP contribution in [-0.4, -0.2) is 24.7 Å². The van der Waals surface area contributed by atoms with Crippen LogP contribution in [0.4, 0.5) is 0 Å². The van der Waals surface area contributed by atoms with Crippen LogP contribution < -0.4 is 0 Å². The van der Waals surface area contributed by atoms with Gasteiger partial charge in [-0.25, -0.2) is 19.6 Å². The average Bonchev–Trinajstić information content (AvgIpc) is 3.88. The molecule has 238 valence electrons. The van der Waals surface area contributed by atoms with Crippen LogP contribution in [0.15, 0.2) is 160 Å². The van der Waals surface area contributed by atoms with Crippen LogP contribution in [0, 0.1) is 0 Å². The first-order valence-electron chi connectivity index (χ1n) is 16.8. The molecule has 0 radical (unpaired) electrons. The molecule has 0 bridgehead atoms. The minimum atomic E-state index is 0.450. The lowest BCUT2D eigenvalue weighted by molar-refractivity contribution is 0.669. The highest BCUT2D eigenvalue weighted by Gasteiger charge is 2.23. The number of rotatable bonds is 4. The van der Waals surface area contributed by atoms with Gasteiger partial charge < -0.3 is 8.83 Å². The van der Waals surface area contributed by atoms with Gasteiger partial charge >= 0.3 is 0 Å². The van der Waals surface area contributed by atoms with Gasteiger partial charge in [0.2, 0.25) is 0 Å². The van der Waals surface area contributed by atoms with Crippen molar-refractivity contribution in [2.75, 3.05) is 0 Å². The summed E-state index contributed by atoms with van der Waals surface area (Å²) in [6, 6.07) is 51.2. The number of aromatic nitrogens is 5. The molecule has 4 aromatic heterocycles. The number of fused-ring (bicyclic) bond motifs is 8. The molecule has 0 amide bonds. The van der Waals surface area contributed by atoms with E-state index in [1.165, 1.54) is 0 Å². The lowest BCUT2D eigenvalue weighted by atomic mass is 10.1. The van der Waals surface area contributed by atoms with Gasteiger partial charge in [-0.2, -0.15) is 5.10 Å². The molecule has 7 nitrogen and oxygen atoms in total. The van der Waals surface area contributed by atoms with Crippen LogP contribution >= 0.6 is 0 Å². The normalized spacial score (nSPS) is 11.9. The smallest absolute Gasteiger partial charge is 0.184 e. The number of para-hydroxylation sites is 5. The van der Waals surface area contributed by atoms with Crippen molar-refractivity contribution in [2.24, 2.45) is 0 Å². The van der Waals surface area contributed by atoms with E-state index in [0.717, 1.165) is 82.4 Å². The fourth-order valence-corrected chi connectivity index (χ4v) is 7.30. The molecular weight excluding hydrogens is 631 g/mol. The number of hydrogen-bond acceptors (Lipinski definition) is 6. The molecule has 0 fully saturated rings. The molecule has 0 aliphatic rings. The Morgan fingerprint density at radius 3 is 1.55 bits per heavy atom. The van der Waals surface area contributed by atoms with Crippen LogP contribution in [0.2, 0.25) is 0 Å². The zero-order valence-electron chi connectivity index (χ0n) is 27.0. The van der Waals surface area contributed by atoms with E-state index in [9.17, 15) is 0 Å². The Hall–Kier alpha value is -7.12. The molecule has 0 spiro atoms. The van der Waals surface area contributed by atoms with Gasteiger partial charge in [-0.05, 0) is 59.3 Å². The molecule has 0 atom stereocenters. The van der Waals surface area contributed by atoms with E-state index >= 15 is 0 Å². The molecule has 0 aliphatic heterocycles. The van der Waals surface area contributed by atoms with Crippen LogP contribution in [0.25, 0.3) is 106 Å². The lowest BCUT2D eigenvalue weighted by Gasteiger charge is -2.08. The molecule has 0 N–H and O–H groups in total. The summed E-state index contributed by atoms with van der Waals surface area (Å²) in [6.45, 7) is 0. The number of benzene rings is 7. The van der Waals surface area contributed by atoms with Crippen molar-refractivity contribution in [2.45, 2.75) is 0 Å². The topological polar surface area (TPSA) is 82.8 Å². The van der Waals surface area contributed by atoms with Crippen molar-refractivity contribution in [1.82, 2.24) is 24.7 Å². The average molecular weight is 656 g/mol. The van der Waals surface area contributed by atoms with Crippen molar-refractivity contribution in [3.05, 3.63) is 152 Å². The van der Waals surface area contributed by atoms with Crippen LogP contribution in [0.1, 0.15) is 0 Å². The Kier molecular flexibility index (Phi) is 5.83. The third-order valence-corrected chi connectivity index (χ3v) is 9.69. The lowest BCUT2D eigenvalue weighted by Crippen LogP contribution is -2.02. The molecule has 0 saturated heterocycles. The van der Waals surface area contributed by atoms with Gasteiger partial charge in [0.15, 0.2) is 17.5 Å². The van der Waals surface area contributed by atoms with E-state index < -0.39 is 0 Å². The molecule has 11 aromatic rings. The first kappa shape index (κ1) is 27.8. The zero-order chi connectivity index (χ0) is 33.5. The highest BCUT2D eigenvalue weighted by Crippen LogP contribution is 2.39. The molecule has 11 rings (SSSR count). The van der Waals surface area contributed by atoms with Gasteiger partial charge in [-0.15, -0.1) is 0 Å². The van der Waals surface area contributed by atoms with Gasteiger partial charge in [0.1, 0.15) is 28.0 Å². The van der Waals surface area contributed by atoms with Crippen molar-refractivity contribution in [1.29, 1.82) is 0 Å². The van der Waals surface area contributed by atoms with Crippen LogP contribution in [-0.2, 0) is 0 Å². The molecule has 0 saturated carbocycles. The Bertz CT molecular complexity index is 3020. The number of hydrogen-bond donors (Lipinski definition) is 0. The summed E-state index contributed by atoms with van der Waals surface area (Å²) in [5.41, 5.74) is 7.13. The van der Waals surface area contributed by atoms with E-state index in [0.29, 0.717) is 23.2 Å². The minimum absolute atomic E-state index is 0.450. The Balaban J connectivity index is 1.23. The molecular formula is C44H25N5O2. The predicted molar refractivity (Wildman–Crippen MR) is 203 cm³/mol. The first-order chi connectivity index (χ1) is 25.3. The Morgan fingerprint density at radius 2 is 0.922 bits per heavy atom. The molecule has 7 heteroatoms. The maximum Gasteiger partial charge on any atom is 0.184 e. The van der Waals surface area contributed by atoms with Crippen molar-refractivity contribution < 1.29 is 8.83 Å². The molecule has 51 heavy (non-hydrogen) atoms. The standard InChI is InChI=1S/C44H25N5O2/c1-2-14-28(15-3-1)49-36-25-27-13-5-4-12-26(27)24-35(36)39(48-49)44-46-42(33-20-10-18-31-29-16-6-8-22-37(29)50-40(31)33)45-43(47-44)34-21-11-19-32-30-17-7-9-23-38(30)51-41(32)34/h1-25H. The SMILES string of the molecule is c1ccc(-n2nc(-c3nc(-c4cccc5c4oc4ccccc45)nc(-c4cccc5c4oc4ccccc45)n3)c3cc4ccccc4cc32)cc1. The summed E-state index contributed by atoms with van der Waals surface area (Å²) < 4.78 is 14.9. The minimum Gasteiger partial charge on any atom is -0.455 e. The van der Waals surface area contributed by atoms with E-state index in [2.05, 4.69) is 72.8 Å². The summed E-state index contributed by atoms with van der Waals surface area (Å²) in [5.74, 6) is 1.41. The fourth-order valence-electron chi connectivity index (χ4n) is 7.30. The van der Waals surface area contributed by atoms with Gasteiger partial charge in [-0.3, -0.25) is 0 Å². The first-order valence-corrected chi connectivity index (χ1v) is 16.8. The molecule has 7 aromatic carbocycles. The second-order valence-electron chi connectivity index (χ2n) is 12.7. The maximum absolute atomic E-state index is 6.48. The van der Waals surface area contributed by atoms with E-state index in [1.54, 1.807) is 0 Å². The van der Waals surface area contributed by atoms with Crippen molar-refractivity contribution in [3.63, 3.8) is 0 Å². The summed E-state index contributed by atoms with van der Waals surface area (Å²) in [6.07, 6.45) is 0. The molecule has 0 unspecified atom stereocenters. The van der Waals surface area contributed by atoms with Crippen LogP contribution in [0.5, 0.6) is 0 Å². The number of furan rings is 2. The Labute approximate surface area is 290 Å². The zero-order valence-corrected chi connectivity index (χ0v) is 27.0. The predicted octanol–water partition coefficient (Wildman–Crippen LogP) is 11.2. The largest absolute Gasteiger partial charge is 0.455 e. The van der Waals surface area contributed by atoms with Gasteiger partial charge in [0, 0.05) is 26.9 Å². The highest BCUT2D eigenvalue weighted by molar-refractivity contribution is 6.11. The second-order valence-corrected chi connectivity index (χ2v) is 12.7. The second kappa shape index (κ2) is 10.7. The van der Waals surface area contributed by atoms with E-state index in [1.807, 2.05) is 83.5 Å². The maximum atomic E-state index is 6.48. The summed E-state index contributed by atoms with van der Waals surface area (Å²) >= 11 is 0. The van der Waals surface area contributed by atoms with Gasteiger partial charge in [0.25, 0.3) is 0 Å². The van der Waals surface area contributed by atoms with Crippen molar-refractivity contribution in [3.8, 4) is 40.0 Å². The fraction of sp³-hybridized carbons (Fsp3) is 0. The molecule has 4 heterocycles. The summed E-state index contributed by atoms with van der Waals surface area (Å²) in [5, 5.41) is 12.5. The third kappa shape index (κ3) is 4.25. The molecule has 0 aliphatic carbocycles. The van der Waals surface area contributed by atoms with Crippen molar-refractivity contribution >= 4 is 65.6 Å². The summed E-state index contributed by atoms with van der Waals surface area (Å²) in [7, 11) is 0. The highest BCUT2D eigenvalue weighted by atomic mass is 16.3. The quantitative estimate of drug-likeness (QED) is 0.188.